The predicted octanol–water partition coefficient (Wildman–Crippen LogP) is 2.26. The van der Waals surface area contributed by atoms with Crippen LogP contribution in [0.25, 0.3) is 0 Å². The highest BCUT2D eigenvalue weighted by molar-refractivity contribution is 5.89. The van der Waals surface area contributed by atoms with E-state index in [0.717, 1.165) is 23.7 Å². The first-order valence-electron chi connectivity index (χ1n) is 6.41. The van der Waals surface area contributed by atoms with E-state index in [9.17, 15) is 4.79 Å². The summed E-state index contributed by atoms with van der Waals surface area (Å²) in [7, 11) is 1.84. The Bertz CT molecular complexity index is 433. The number of nitrogens with one attached hydrogen (secondary N) is 1. The van der Waals surface area contributed by atoms with E-state index in [1.807, 2.05) is 31.3 Å². The van der Waals surface area contributed by atoms with Gasteiger partial charge in [0.2, 0.25) is 0 Å². The van der Waals surface area contributed by atoms with Gasteiger partial charge < -0.3 is 16.0 Å². The summed E-state index contributed by atoms with van der Waals surface area (Å²) in [4.78, 5) is 13.7. The van der Waals surface area contributed by atoms with E-state index >= 15 is 0 Å². The molecule has 1 aromatic rings. The maximum absolute atomic E-state index is 12.0. The first-order valence-corrected chi connectivity index (χ1v) is 6.41. The van der Waals surface area contributed by atoms with E-state index in [2.05, 4.69) is 12.2 Å². The largest absolute Gasteiger partial charge is 0.327 e. The van der Waals surface area contributed by atoms with Gasteiger partial charge in [0.05, 0.1) is 0 Å². The molecule has 2 rings (SSSR count). The molecule has 2 atom stereocenters. The maximum Gasteiger partial charge on any atom is 0.321 e. The molecule has 1 aliphatic rings. The third-order valence-corrected chi connectivity index (χ3v) is 3.55. The van der Waals surface area contributed by atoms with Crippen molar-refractivity contribution in [3.63, 3.8) is 0 Å². The van der Waals surface area contributed by atoms with Gasteiger partial charge in [0.25, 0.3) is 0 Å². The second kappa shape index (κ2) is 5.40. The lowest BCUT2D eigenvalue weighted by Crippen LogP contribution is -2.33. The van der Waals surface area contributed by atoms with Gasteiger partial charge in [0.15, 0.2) is 0 Å². The van der Waals surface area contributed by atoms with Crippen LogP contribution in [0.3, 0.4) is 0 Å². The first-order chi connectivity index (χ1) is 8.60. The summed E-state index contributed by atoms with van der Waals surface area (Å²) in [6.45, 7) is 3.55. The van der Waals surface area contributed by atoms with Crippen molar-refractivity contribution in [2.45, 2.75) is 19.9 Å². The minimum absolute atomic E-state index is 0.0525. The number of benzene rings is 1. The smallest absolute Gasteiger partial charge is 0.321 e. The fourth-order valence-electron chi connectivity index (χ4n) is 2.08. The van der Waals surface area contributed by atoms with E-state index in [1.54, 1.807) is 4.90 Å². The molecule has 0 aromatic heterocycles. The zero-order valence-corrected chi connectivity index (χ0v) is 11.0. The number of hydrogen-bond donors (Lipinski definition) is 2. The molecule has 0 radical (unpaired) electrons. The van der Waals surface area contributed by atoms with Gasteiger partial charge in [0.1, 0.15) is 0 Å². The standard InChI is InChI=1S/C14H21N3O/c1-10-6-12(10)9-17(2)14(18)16-13-5-3-4-11(7-13)8-15/h3-5,7,10,12H,6,8-9,15H2,1-2H3,(H,16,18). The molecule has 4 nitrogen and oxygen atoms in total. The van der Waals surface area contributed by atoms with Crippen LogP contribution >= 0.6 is 0 Å². The van der Waals surface area contributed by atoms with Crippen LogP contribution < -0.4 is 11.1 Å². The third kappa shape index (κ3) is 3.23. The Balaban J connectivity index is 1.89. The van der Waals surface area contributed by atoms with Crippen molar-refractivity contribution in [2.75, 3.05) is 18.9 Å². The Kier molecular flexibility index (Phi) is 3.87. The maximum atomic E-state index is 12.0. The number of amides is 2. The molecule has 2 amide bonds. The minimum atomic E-state index is -0.0525. The summed E-state index contributed by atoms with van der Waals surface area (Å²) >= 11 is 0. The topological polar surface area (TPSA) is 58.4 Å². The van der Waals surface area contributed by atoms with Crippen LogP contribution in [0.5, 0.6) is 0 Å². The molecule has 0 aliphatic heterocycles. The number of nitrogens with zero attached hydrogens (tertiary/aromatic N) is 1. The number of anilines is 1. The Morgan fingerprint density at radius 3 is 2.89 bits per heavy atom. The lowest BCUT2D eigenvalue weighted by atomic mass is 10.2. The lowest BCUT2D eigenvalue weighted by Gasteiger charge is -2.18. The molecule has 1 aromatic carbocycles. The van der Waals surface area contributed by atoms with Crippen molar-refractivity contribution in [1.82, 2.24) is 4.90 Å². The first kappa shape index (κ1) is 12.9. The molecule has 0 heterocycles. The number of carbonyl (C=O) groups excluding carboxylic acids is 1. The third-order valence-electron chi connectivity index (χ3n) is 3.55. The van der Waals surface area contributed by atoms with Gasteiger partial charge in [-0.05, 0) is 36.0 Å². The SMILES string of the molecule is CC1CC1CN(C)C(=O)Nc1cccc(CN)c1. The van der Waals surface area contributed by atoms with E-state index in [-0.39, 0.29) is 6.03 Å². The number of nitrogens with two attached hydrogens (primary N) is 1. The van der Waals surface area contributed by atoms with Crippen LogP contribution in [0.1, 0.15) is 18.9 Å². The van der Waals surface area contributed by atoms with Gasteiger partial charge in [0, 0.05) is 25.8 Å². The zero-order valence-electron chi connectivity index (χ0n) is 11.0. The van der Waals surface area contributed by atoms with Crippen molar-refractivity contribution in [3.05, 3.63) is 29.8 Å². The normalized spacial score (nSPS) is 21.5. The van der Waals surface area contributed by atoms with E-state index < -0.39 is 0 Å². The molecule has 2 unspecified atom stereocenters. The average Bonchev–Trinajstić information content (AvgIpc) is 3.05. The van der Waals surface area contributed by atoms with Gasteiger partial charge in [-0.3, -0.25) is 0 Å². The molecule has 3 N–H and O–H groups in total. The van der Waals surface area contributed by atoms with Gasteiger partial charge in [-0.15, -0.1) is 0 Å². The highest BCUT2D eigenvalue weighted by Crippen LogP contribution is 2.37. The molecule has 1 fully saturated rings. The van der Waals surface area contributed by atoms with E-state index in [0.29, 0.717) is 12.5 Å². The van der Waals surface area contributed by atoms with Crippen LogP contribution in [-0.4, -0.2) is 24.5 Å². The Labute approximate surface area is 108 Å². The Morgan fingerprint density at radius 2 is 2.28 bits per heavy atom. The van der Waals surface area contributed by atoms with Gasteiger partial charge in [-0.1, -0.05) is 19.1 Å². The summed E-state index contributed by atoms with van der Waals surface area (Å²) in [6, 6.07) is 7.59. The number of carbonyl (C=O) groups is 1. The van der Waals surface area contributed by atoms with Crippen LogP contribution in [0, 0.1) is 11.8 Å². The highest BCUT2D eigenvalue weighted by atomic mass is 16.2. The lowest BCUT2D eigenvalue weighted by molar-refractivity contribution is 0.220. The zero-order chi connectivity index (χ0) is 13.1. The molecule has 1 aliphatic carbocycles. The summed E-state index contributed by atoms with van der Waals surface area (Å²) < 4.78 is 0. The number of rotatable bonds is 4. The molecular weight excluding hydrogens is 226 g/mol. The molecule has 1 saturated carbocycles. The van der Waals surface area contributed by atoms with Crippen LogP contribution in [0.2, 0.25) is 0 Å². The average molecular weight is 247 g/mol. The van der Waals surface area contributed by atoms with Crippen molar-refractivity contribution < 1.29 is 4.79 Å². The monoisotopic (exact) mass is 247 g/mol. The Morgan fingerprint density at radius 1 is 1.56 bits per heavy atom. The van der Waals surface area contributed by atoms with Gasteiger partial charge in [-0.25, -0.2) is 4.79 Å². The molecule has 18 heavy (non-hydrogen) atoms. The fraction of sp³-hybridized carbons (Fsp3) is 0.500. The predicted molar refractivity (Wildman–Crippen MR) is 73.3 cm³/mol. The summed E-state index contributed by atoms with van der Waals surface area (Å²) in [5.41, 5.74) is 7.40. The van der Waals surface area contributed by atoms with Gasteiger partial charge in [-0.2, -0.15) is 0 Å². The quantitative estimate of drug-likeness (QED) is 0.857. The number of hydrogen-bond acceptors (Lipinski definition) is 2. The fourth-order valence-corrected chi connectivity index (χ4v) is 2.08. The summed E-state index contributed by atoms with van der Waals surface area (Å²) in [5, 5.41) is 2.90. The summed E-state index contributed by atoms with van der Waals surface area (Å²) in [6.07, 6.45) is 1.24. The van der Waals surface area contributed by atoms with Crippen molar-refractivity contribution in [1.29, 1.82) is 0 Å². The molecule has 4 heteroatoms. The van der Waals surface area contributed by atoms with Crippen LogP contribution in [0.15, 0.2) is 24.3 Å². The Hall–Kier alpha value is -1.55. The van der Waals surface area contributed by atoms with Gasteiger partial charge >= 0.3 is 6.03 Å². The van der Waals surface area contributed by atoms with Crippen molar-refractivity contribution in [3.8, 4) is 0 Å². The molecule has 98 valence electrons. The number of urea groups is 1. The second-order valence-electron chi connectivity index (χ2n) is 5.19. The molecule has 0 spiro atoms. The van der Waals surface area contributed by atoms with Crippen molar-refractivity contribution in [2.24, 2.45) is 17.6 Å². The second-order valence-corrected chi connectivity index (χ2v) is 5.19. The van der Waals surface area contributed by atoms with Crippen molar-refractivity contribution >= 4 is 11.7 Å². The van der Waals surface area contributed by atoms with E-state index in [1.165, 1.54) is 6.42 Å². The molecular formula is C14H21N3O. The highest BCUT2D eigenvalue weighted by Gasteiger charge is 2.34. The summed E-state index contributed by atoms with van der Waals surface area (Å²) in [5.74, 6) is 1.44. The van der Waals surface area contributed by atoms with Crippen LogP contribution in [-0.2, 0) is 6.54 Å². The minimum Gasteiger partial charge on any atom is -0.327 e. The molecule has 0 saturated heterocycles. The van der Waals surface area contributed by atoms with Crippen LogP contribution in [0.4, 0.5) is 10.5 Å². The molecule has 0 bridgehead atoms. The van der Waals surface area contributed by atoms with E-state index in [4.69, 9.17) is 5.73 Å².